The Morgan fingerprint density at radius 3 is 2.66 bits per heavy atom. The molecule has 2 N–H and O–H groups in total. The summed E-state index contributed by atoms with van der Waals surface area (Å²) in [7, 11) is 0. The standard InChI is InChI=1S/C26H31FN10O/c1-16(2)19-11-30-24(36-13-17(14-36)37-9-7-31-34-37)20-12-29-23(10-18(19)20)32-22-4-6-28-25(33-22)35-8-5-21(38)26(3,27)15-35/h4,6-7,9-12,16-17,21,38H,5,8,13-15H2,1-3H3,(H,28,29,32,33)/t21-,26+/m1/s1. The lowest BCUT2D eigenvalue weighted by Crippen LogP contribution is -2.52. The number of nitrogens with one attached hydrogen (secondary N) is 1. The molecule has 0 unspecified atom stereocenters. The van der Waals surface area contributed by atoms with Gasteiger partial charge in [-0.25, -0.2) is 24.0 Å². The maximum Gasteiger partial charge on any atom is 0.227 e. The summed E-state index contributed by atoms with van der Waals surface area (Å²) in [5.41, 5.74) is -0.574. The predicted molar refractivity (Wildman–Crippen MR) is 143 cm³/mol. The molecule has 4 aromatic heterocycles. The summed E-state index contributed by atoms with van der Waals surface area (Å²) in [6.07, 6.45) is 8.38. The zero-order valence-corrected chi connectivity index (χ0v) is 21.7. The molecule has 0 bridgehead atoms. The fraction of sp³-hybridized carbons (Fsp3) is 0.462. The number of halogens is 1. The van der Waals surface area contributed by atoms with Crippen molar-refractivity contribution in [3.8, 4) is 0 Å². The molecule has 2 atom stereocenters. The van der Waals surface area contributed by atoms with E-state index in [9.17, 15) is 9.50 Å². The second kappa shape index (κ2) is 9.43. The van der Waals surface area contributed by atoms with E-state index in [1.165, 1.54) is 6.92 Å². The van der Waals surface area contributed by atoms with Crippen molar-refractivity contribution in [2.24, 2.45) is 0 Å². The fourth-order valence-corrected chi connectivity index (χ4v) is 5.14. The number of rotatable bonds is 6. The van der Waals surface area contributed by atoms with Gasteiger partial charge in [0.05, 0.1) is 24.9 Å². The Morgan fingerprint density at radius 1 is 1.08 bits per heavy atom. The van der Waals surface area contributed by atoms with Crippen LogP contribution in [-0.4, -0.2) is 78.0 Å². The number of hydrogen-bond donors (Lipinski definition) is 2. The van der Waals surface area contributed by atoms with E-state index >= 15 is 0 Å². The van der Waals surface area contributed by atoms with Crippen LogP contribution in [0.2, 0.25) is 0 Å². The number of pyridine rings is 2. The smallest absolute Gasteiger partial charge is 0.227 e. The summed E-state index contributed by atoms with van der Waals surface area (Å²) >= 11 is 0. The van der Waals surface area contributed by atoms with Crippen molar-refractivity contribution in [1.29, 1.82) is 0 Å². The van der Waals surface area contributed by atoms with E-state index in [2.05, 4.69) is 49.3 Å². The third kappa shape index (κ3) is 4.49. The van der Waals surface area contributed by atoms with Crippen LogP contribution >= 0.6 is 0 Å². The van der Waals surface area contributed by atoms with Crippen molar-refractivity contribution in [3.05, 3.63) is 48.7 Å². The number of alkyl halides is 1. The Morgan fingerprint density at radius 2 is 1.92 bits per heavy atom. The molecule has 4 aromatic rings. The van der Waals surface area contributed by atoms with Gasteiger partial charge in [-0.15, -0.1) is 5.10 Å². The highest BCUT2D eigenvalue weighted by Gasteiger charge is 2.39. The molecule has 0 radical (unpaired) electrons. The van der Waals surface area contributed by atoms with Gasteiger partial charge in [0.15, 0.2) is 5.67 Å². The number of piperidine rings is 1. The Hall–Kier alpha value is -3.93. The van der Waals surface area contributed by atoms with Crippen molar-refractivity contribution in [1.82, 2.24) is 34.9 Å². The van der Waals surface area contributed by atoms with Gasteiger partial charge in [-0.3, -0.25) is 0 Å². The van der Waals surface area contributed by atoms with Crippen LogP contribution < -0.4 is 15.1 Å². The third-order valence-electron chi connectivity index (χ3n) is 7.43. The number of aromatic nitrogens is 7. The molecule has 12 heteroatoms. The molecular weight excluding hydrogens is 487 g/mol. The van der Waals surface area contributed by atoms with Gasteiger partial charge >= 0.3 is 0 Å². The summed E-state index contributed by atoms with van der Waals surface area (Å²) in [6, 6.07) is 4.06. The van der Waals surface area contributed by atoms with Crippen molar-refractivity contribution < 1.29 is 9.50 Å². The van der Waals surface area contributed by atoms with Crippen LogP contribution in [0.5, 0.6) is 0 Å². The van der Waals surface area contributed by atoms with Gasteiger partial charge in [0.25, 0.3) is 0 Å². The Bertz CT molecular complexity index is 1440. The summed E-state index contributed by atoms with van der Waals surface area (Å²) in [4.78, 5) is 22.4. The normalized spacial score (nSPS) is 22.2. The number of aliphatic hydroxyl groups excluding tert-OH is 1. The van der Waals surface area contributed by atoms with Crippen LogP contribution in [0.4, 0.5) is 27.8 Å². The molecule has 2 aliphatic rings. The molecule has 2 saturated heterocycles. The van der Waals surface area contributed by atoms with E-state index in [0.29, 0.717) is 30.5 Å². The van der Waals surface area contributed by atoms with Crippen molar-refractivity contribution in [2.45, 2.75) is 50.9 Å². The van der Waals surface area contributed by atoms with Gasteiger partial charge in [0.2, 0.25) is 5.95 Å². The van der Waals surface area contributed by atoms with Crippen LogP contribution in [-0.2, 0) is 0 Å². The van der Waals surface area contributed by atoms with E-state index in [4.69, 9.17) is 4.98 Å². The summed E-state index contributed by atoms with van der Waals surface area (Å²) in [5.74, 6) is 2.82. The molecule has 0 aromatic carbocycles. The minimum absolute atomic E-state index is 0.0354. The molecule has 0 spiro atoms. The number of anilines is 4. The number of hydrogen-bond acceptors (Lipinski definition) is 10. The average Bonchev–Trinajstić information content (AvgIpc) is 3.39. The lowest BCUT2D eigenvalue weighted by atomic mass is 9.94. The van der Waals surface area contributed by atoms with Crippen LogP contribution in [0.3, 0.4) is 0 Å². The van der Waals surface area contributed by atoms with Crippen LogP contribution in [0.25, 0.3) is 10.8 Å². The van der Waals surface area contributed by atoms with Crippen LogP contribution in [0.15, 0.2) is 43.1 Å². The maximum absolute atomic E-state index is 14.7. The molecule has 38 heavy (non-hydrogen) atoms. The first-order valence-corrected chi connectivity index (χ1v) is 12.9. The van der Waals surface area contributed by atoms with Crippen molar-refractivity contribution in [2.75, 3.05) is 41.3 Å². The lowest BCUT2D eigenvalue weighted by Gasteiger charge is -2.40. The van der Waals surface area contributed by atoms with Crippen LogP contribution in [0, 0.1) is 0 Å². The summed E-state index contributed by atoms with van der Waals surface area (Å²) < 4.78 is 16.6. The van der Waals surface area contributed by atoms with Gasteiger partial charge in [-0.2, -0.15) is 4.98 Å². The fourth-order valence-electron chi connectivity index (χ4n) is 5.14. The van der Waals surface area contributed by atoms with Gasteiger partial charge in [0.1, 0.15) is 17.5 Å². The highest BCUT2D eigenvalue weighted by atomic mass is 19.1. The second-order valence-electron chi connectivity index (χ2n) is 10.6. The van der Waals surface area contributed by atoms with Gasteiger partial charge < -0.3 is 20.2 Å². The molecule has 0 amide bonds. The second-order valence-corrected chi connectivity index (χ2v) is 10.6. The van der Waals surface area contributed by atoms with Gasteiger partial charge in [-0.05, 0) is 42.3 Å². The zero-order valence-electron chi connectivity index (χ0n) is 21.7. The number of fused-ring (bicyclic) bond motifs is 1. The topological polar surface area (TPSA) is 121 Å². The molecule has 0 saturated carbocycles. The largest absolute Gasteiger partial charge is 0.390 e. The molecule has 6 rings (SSSR count). The molecule has 6 heterocycles. The number of nitrogens with zero attached hydrogens (tertiary/aromatic N) is 9. The minimum atomic E-state index is -1.71. The van der Waals surface area contributed by atoms with E-state index in [1.54, 1.807) is 23.4 Å². The molecule has 2 fully saturated rings. The van der Waals surface area contributed by atoms with Gasteiger partial charge in [0, 0.05) is 49.8 Å². The monoisotopic (exact) mass is 518 g/mol. The summed E-state index contributed by atoms with van der Waals surface area (Å²) in [5, 5.41) is 23.4. The SMILES string of the molecule is CC(C)c1cnc(N2CC(n3ccnn3)C2)c2cnc(Nc3ccnc(N4CC[C@@H](O)[C@@](C)(F)C4)n3)cc12. The molecule has 0 aliphatic carbocycles. The van der Waals surface area contributed by atoms with E-state index < -0.39 is 11.8 Å². The zero-order chi connectivity index (χ0) is 26.4. The first-order chi connectivity index (χ1) is 18.3. The lowest BCUT2D eigenvalue weighted by molar-refractivity contribution is -0.00860. The van der Waals surface area contributed by atoms with E-state index in [-0.39, 0.29) is 18.5 Å². The first-order valence-electron chi connectivity index (χ1n) is 12.9. The maximum atomic E-state index is 14.7. The molecular formula is C26H31FN10O. The number of aliphatic hydroxyl groups is 1. The third-order valence-corrected chi connectivity index (χ3v) is 7.43. The average molecular weight is 519 g/mol. The summed E-state index contributed by atoms with van der Waals surface area (Å²) in [6.45, 7) is 7.85. The van der Waals surface area contributed by atoms with E-state index in [0.717, 1.165) is 35.2 Å². The highest BCUT2D eigenvalue weighted by Crippen LogP contribution is 2.36. The molecule has 2 aliphatic heterocycles. The van der Waals surface area contributed by atoms with Crippen molar-refractivity contribution >= 4 is 34.2 Å². The van der Waals surface area contributed by atoms with E-state index in [1.807, 2.05) is 29.3 Å². The minimum Gasteiger partial charge on any atom is -0.390 e. The molecule has 198 valence electrons. The first kappa shape index (κ1) is 24.4. The molecule has 11 nitrogen and oxygen atoms in total. The highest BCUT2D eigenvalue weighted by molar-refractivity contribution is 5.96. The Labute approximate surface area is 219 Å². The quantitative estimate of drug-likeness (QED) is 0.393. The Kier molecular flexibility index (Phi) is 6.05. The van der Waals surface area contributed by atoms with Gasteiger partial charge in [-0.1, -0.05) is 19.1 Å². The van der Waals surface area contributed by atoms with Crippen LogP contribution in [0.1, 0.15) is 44.7 Å². The Balaban J connectivity index is 1.26. The predicted octanol–water partition coefficient (Wildman–Crippen LogP) is 3.24. The van der Waals surface area contributed by atoms with Crippen molar-refractivity contribution in [3.63, 3.8) is 0 Å².